The average molecular weight is 333 g/mol. The third-order valence-corrected chi connectivity index (χ3v) is 4.08. The van der Waals surface area contributed by atoms with Crippen LogP contribution >= 0.6 is 24.8 Å². The molecule has 1 N–H and O–H groups in total. The van der Waals surface area contributed by atoms with E-state index in [1.54, 1.807) is 24.5 Å². The van der Waals surface area contributed by atoms with Crippen molar-refractivity contribution in [2.24, 2.45) is 0 Å². The largest absolute Gasteiger partial charge is 0.336 e. The Hall–Kier alpha value is -0.880. The van der Waals surface area contributed by atoms with Crippen LogP contribution in [0.2, 0.25) is 0 Å². The highest BCUT2D eigenvalue weighted by molar-refractivity contribution is 5.94. The van der Waals surface area contributed by atoms with Crippen LogP contribution in [0.25, 0.3) is 0 Å². The quantitative estimate of drug-likeness (QED) is 0.879. The van der Waals surface area contributed by atoms with Gasteiger partial charge in [0.25, 0.3) is 5.91 Å². The van der Waals surface area contributed by atoms with E-state index in [-0.39, 0.29) is 30.7 Å². The van der Waals surface area contributed by atoms with Gasteiger partial charge < -0.3 is 10.2 Å². The van der Waals surface area contributed by atoms with Crippen molar-refractivity contribution in [2.75, 3.05) is 39.3 Å². The normalized spacial score (nSPS) is 22.3. The first-order chi connectivity index (χ1) is 9.34. The predicted octanol–water partition coefficient (Wildman–Crippen LogP) is 1.04. The first-order valence-corrected chi connectivity index (χ1v) is 6.98. The molecule has 0 aliphatic carbocycles. The Morgan fingerprint density at radius 1 is 1.14 bits per heavy atom. The predicted molar refractivity (Wildman–Crippen MR) is 87.5 cm³/mol. The molecule has 2 saturated heterocycles. The lowest BCUT2D eigenvalue weighted by Gasteiger charge is -2.37. The van der Waals surface area contributed by atoms with Gasteiger partial charge in [-0.1, -0.05) is 0 Å². The number of carbonyl (C=O) groups excluding carboxylic acids is 1. The number of piperazine rings is 1. The summed E-state index contributed by atoms with van der Waals surface area (Å²) in [5.41, 5.74) is 0.742. The van der Waals surface area contributed by atoms with Crippen molar-refractivity contribution in [3.8, 4) is 0 Å². The van der Waals surface area contributed by atoms with Gasteiger partial charge in [-0.15, -0.1) is 24.8 Å². The molecule has 7 heteroatoms. The number of aromatic nitrogens is 1. The molecule has 1 amide bonds. The number of nitrogens with zero attached hydrogens (tertiary/aromatic N) is 3. The van der Waals surface area contributed by atoms with Gasteiger partial charge in [0.2, 0.25) is 0 Å². The number of hydrogen-bond donors (Lipinski definition) is 1. The molecule has 0 spiro atoms. The summed E-state index contributed by atoms with van der Waals surface area (Å²) in [5, 5.41) is 3.40. The molecule has 3 heterocycles. The highest BCUT2D eigenvalue weighted by Crippen LogP contribution is 2.13. The molecule has 1 atom stereocenters. The highest BCUT2D eigenvalue weighted by atomic mass is 35.5. The minimum atomic E-state index is 0. The summed E-state index contributed by atoms with van der Waals surface area (Å²) in [6.45, 7) is 5.86. The Balaban J connectivity index is 0.00000110. The maximum Gasteiger partial charge on any atom is 0.254 e. The van der Waals surface area contributed by atoms with Gasteiger partial charge in [0.1, 0.15) is 0 Å². The lowest BCUT2D eigenvalue weighted by molar-refractivity contribution is 0.0583. The van der Waals surface area contributed by atoms with Crippen molar-refractivity contribution in [2.45, 2.75) is 12.5 Å². The van der Waals surface area contributed by atoms with Crippen molar-refractivity contribution in [1.82, 2.24) is 20.1 Å². The molecule has 118 valence electrons. The lowest BCUT2D eigenvalue weighted by Crippen LogP contribution is -2.52. The van der Waals surface area contributed by atoms with E-state index < -0.39 is 0 Å². The monoisotopic (exact) mass is 332 g/mol. The van der Waals surface area contributed by atoms with Crippen molar-refractivity contribution >= 4 is 30.7 Å². The van der Waals surface area contributed by atoms with Gasteiger partial charge in [0.15, 0.2) is 0 Å². The van der Waals surface area contributed by atoms with E-state index >= 15 is 0 Å². The molecule has 5 nitrogen and oxygen atoms in total. The lowest BCUT2D eigenvalue weighted by atomic mass is 10.1. The molecule has 2 aliphatic rings. The van der Waals surface area contributed by atoms with Gasteiger partial charge in [-0.05, 0) is 25.1 Å². The molecule has 3 rings (SSSR count). The van der Waals surface area contributed by atoms with Crippen molar-refractivity contribution < 1.29 is 4.79 Å². The molecule has 0 saturated carbocycles. The molecule has 1 aromatic rings. The van der Waals surface area contributed by atoms with E-state index in [2.05, 4.69) is 15.2 Å². The number of rotatable bonds is 2. The molecular formula is C14H22Cl2N4O. The number of carbonyl (C=O) groups is 1. The van der Waals surface area contributed by atoms with Crippen LogP contribution in [0.1, 0.15) is 16.8 Å². The summed E-state index contributed by atoms with van der Waals surface area (Å²) in [7, 11) is 0. The molecule has 2 fully saturated rings. The number of pyridine rings is 1. The minimum absolute atomic E-state index is 0. The fourth-order valence-corrected chi connectivity index (χ4v) is 2.92. The van der Waals surface area contributed by atoms with E-state index in [4.69, 9.17) is 0 Å². The summed E-state index contributed by atoms with van der Waals surface area (Å²) >= 11 is 0. The first-order valence-electron chi connectivity index (χ1n) is 6.98. The Morgan fingerprint density at radius 2 is 1.81 bits per heavy atom. The molecule has 0 radical (unpaired) electrons. The second-order valence-corrected chi connectivity index (χ2v) is 5.21. The standard InChI is InChI=1S/C14H20N4O.2ClH/c19-14(12-1-4-15-5-2-12)18-9-7-17(8-10-18)13-3-6-16-11-13;;/h1-2,4-5,13,16H,3,6-11H2;2*1H. The van der Waals surface area contributed by atoms with Crippen molar-refractivity contribution in [1.29, 1.82) is 0 Å². The highest BCUT2D eigenvalue weighted by Gasteiger charge is 2.27. The molecular weight excluding hydrogens is 311 g/mol. The Labute approximate surface area is 137 Å². The fourth-order valence-electron chi connectivity index (χ4n) is 2.92. The van der Waals surface area contributed by atoms with E-state index in [9.17, 15) is 4.79 Å². The topological polar surface area (TPSA) is 48.5 Å². The zero-order valence-corrected chi connectivity index (χ0v) is 13.5. The maximum atomic E-state index is 12.3. The van der Waals surface area contributed by atoms with Gasteiger partial charge in [0, 0.05) is 56.7 Å². The van der Waals surface area contributed by atoms with Crippen molar-refractivity contribution in [3.05, 3.63) is 30.1 Å². The van der Waals surface area contributed by atoms with E-state index in [0.29, 0.717) is 6.04 Å². The molecule has 0 bridgehead atoms. The fraction of sp³-hybridized carbons (Fsp3) is 0.571. The van der Waals surface area contributed by atoms with Gasteiger partial charge in [-0.25, -0.2) is 0 Å². The minimum Gasteiger partial charge on any atom is -0.336 e. The average Bonchev–Trinajstić information content (AvgIpc) is 3.02. The second kappa shape index (κ2) is 8.54. The van der Waals surface area contributed by atoms with E-state index in [0.717, 1.165) is 44.8 Å². The van der Waals surface area contributed by atoms with E-state index in [1.165, 1.54) is 6.42 Å². The summed E-state index contributed by atoms with van der Waals surface area (Å²) < 4.78 is 0. The summed E-state index contributed by atoms with van der Waals surface area (Å²) in [4.78, 5) is 20.7. The Bertz CT molecular complexity index is 432. The summed E-state index contributed by atoms with van der Waals surface area (Å²) in [6, 6.07) is 4.24. The Kier molecular flexibility index (Phi) is 7.39. The maximum absolute atomic E-state index is 12.3. The van der Waals surface area contributed by atoms with Crippen LogP contribution in [-0.2, 0) is 0 Å². The number of hydrogen-bond acceptors (Lipinski definition) is 4. The van der Waals surface area contributed by atoms with Crippen LogP contribution in [-0.4, -0.2) is 66.0 Å². The molecule has 0 aromatic carbocycles. The Morgan fingerprint density at radius 3 is 2.38 bits per heavy atom. The zero-order chi connectivity index (χ0) is 13.1. The molecule has 2 aliphatic heterocycles. The second-order valence-electron chi connectivity index (χ2n) is 5.21. The molecule has 21 heavy (non-hydrogen) atoms. The van der Waals surface area contributed by atoms with Crippen LogP contribution in [0.3, 0.4) is 0 Å². The third kappa shape index (κ3) is 4.30. The van der Waals surface area contributed by atoms with E-state index in [1.807, 2.05) is 4.90 Å². The zero-order valence-electron chi connectivity index (χ0n) is 11.9. The first kappa shape index (κ1) is 18.2. The molecule has 1 aromatic heterocycles. The van der Waals surface area contributed by atoms with Crippen LogP contribution in [0.4, 0.5) is 0 Å². The smallest absolute Gasteiger partial charge is 0.254 e. The van der Waals surface area contributed by atoms with Crippen LogP contribution < -0.4 is 5.32 Å². The van der Waals surface area contributed by atoms with Gasteiger partial charge in [-0.2, -0.15) is 0 Å². The summed E-state index contributed by atoms with van der Waals surface area (Å²) in [6.07, 6.45) is 4.58. The van der Waals surface area contributed by atoms with Crippen LogP contribution in [0.15, 0.2) is 24.5 Å². The molecule has 1 unspecified atom stereocenters. The number of halogens is 2. The summed E-state index contributed by atoms with van der Waals surface area (Å²) in [5.74, 6) is 0.131. The van der Waals surface area contributed by atoms with Gasteiger partial charge in [-0.3, -0.25) is 14.7 Å². The van der Waals surface area contributed by atoms with Crippen molar-refractivity contribution in [3.63, 3.8) is 0 Å². The van der Waals surface area contributed by atoms with Crippen LogP contribution in [0, 0.1) is 0 Å². The number of nitrogens with one attached hydrogen (secondary N) is 1. The van der Waals surface area contributed by atoms with Gasteiger partial charge in [0.05, 0.1) is 0 Å². The third-order valence-electron chi connectivity index (χ3n) is 4.08. The SMILES string of the molecule is Cl.Cl.O=C(c1ccncc1)N1CCN(C2CCNC2)CC1. The van der Waals surface area contributed by atoms with Gasteiger partial charge >= 0.3 is 0 Å². The van der Waals surface area contributed by atoms with Crippen LogP contribution in [0.5, 0.6) is 0 Å². The number of amides is 1.